The fourth-order valence-corrected chi connectivity index (χ4v) is 5.80. The Labute approximate surface area is 186 Å². The fourth-order valence-electron chi connectivity index (χ4n) is 3.76. The summed E-state index contributed by atoms with van der Waals surface area (Å²) in [7, 11) is 1.60. The summed E-state index contributed by atoms with van der Waals surface area (Å²) in [4.78, 5) is 28.2. The number of β-lactam (4-membered cyclic amide) rings is 1. The minimum atomic E-state index is -0.580. The van der Waals surface area contributed by atoms with Gasteiger partial charge in [0.1, 0.15) is 48.4 Å². The summed E-state index contributed by atoms with van der Waals surface area (Å²) in [5.74, 6) is 0.606. The summed E-state index contributed by atoms with van der Waals surface area (Å²) in [5, 5.41) is 1.80. The van der Waals surface area contributed by atoms with Gasteiger partial charge in [-0.15, -0.1) is 11.8 Å². The summed E-state index contributed by atoms with van der Waals surface area (Å²) in [6.45, 7) is 0.612. The molecule has 0 bridgehead atoms. The molecule has 4 heterocycles. The SMILES string of the molecule is COc1ccc(COC(=O)C2=C(C[n+]3cc4sccn4c3)CS[C@@H]3[C@H](N)C(=O)N23)cc1. The number of carbonyl (C=O) groups excluding carboxylic acids is 2. The van der Waals surface area contributed by atoms with Crippen LogP contribution < -0.4 is 15.0 Å². The van der Waals surface area contributed by atoms with Crippen molar-refractivity contribution in [3.63, 3.8) is 0 Å². The summed E-state index contributed by atoms with van der Waals surface area (Å²) in [6, 6.07) is 6.73. The normalized spacial score (nSPS) is 20.6. The zero-order valence-electron chi connectivity index (χ0n) is 16.8. The molecule has 0 aliphatic carbocycles. The number of imidazole rings is 1. The maximum Gasteiger partial charge on any atom is 0.355 e. The van der Waals surface area contributed by atoms with E-state index < -0.39 is 12.0 Å². The summed E-state index contributed by atoms with van der Waals surface area (Å²) in [5.41, 5.74) is 7.98. The number of benzene rings is 1. The number of fused-ring (bicyclic) bond motifs is 2. The smallest absolute Gasteiger partial charge is 0.355 e. The van der Waals surface area contributed by atoms with Gasteiger partial charge in [0.25, 0.3) is 0 Å². The first-order valence-electron chi connectivity index (χ1n) is 9.72. The van der Waals surface area contributed by atoms with Gasteiger partial charge in [-0.25, -0.2) is 9.36 Å². The first kappa shape index (κ1) is 20.1. The van der Waals surface area contributed by atoms with Crippen molar-refractivity contribution in [2.45, 2.75) is 24.6 Å². The molecule has 8 nitrogen and oxygen atoms in total. The van der Waals surface area contributed by atoms with E-state index in [1.807, 2.05) is 57.3 Å². The van der Waals surface area contributed by atoms with Crippen LogP contribution in [0.5, 0.6) is 5.75 Å². The van der Waals surface area contributed by atoms with Gasteiger partial charge in [-0.3, -0.25) is 9.69 Å². The van der Waals surface area contributed by atoms with Crippen LogP contribution in [-0.2, 0) is 27.5 Å². The number of esters is 1. The van der Waals surface area contributed by atoms with E-state index in [-0.39, 0.29) is 17.9 Å². The first-order chi connectivity index (χ1) is 15.0. The number of hydrogen-bond acceptors (Lipinski definition) is 7. The lowest BCUT2D eigenvalue weighted by Gasteiger charge is -2.48. The number of ether oxygens (including phenoxy) is 2. The molecule has 2 N–H and O–H groups in total. The molecule has 2 aliphatic rings. The van der Waals surface area contributed by atoms with Crippen molar-refractivity contribution < 1.29 is 23.6 Å². The third-order valence-electron chi connectivity index (χ3n) is 5.40. The van der Waals surface area contributed by atoms with Gasteiger partial charge in [0.2, 0.25) is 17.1 Å². The molecular formula is C21H21N4O4S2+. The van der Waals surface area contributed by atoms with E-state index in [1.165, 1.54) is 4.90 Å². The number of aromatic nitrogens is 2. The zero-order chi connectivity index (χ0) is 21.5. The van der Waals surface area contributed by atoms with Crippen molar-refractivity contribution in [3.8, 4) is 5.75 Å². The molecule has 0 unspecified atom stereocenters. The average molecular weight is 458 g/mol. The quantitative estimate of drug-likeness (QED) is 0.343. The third kappa shape index (κ3) is 3.60. The number of carbonyl (C=O) groups is 2. The molecule has 1 amide bonds. The van der Waals surface area contributed by atoms with Gasteiger partial charge in [-0.2, -0.15) is 4.40 Å². The van der Waals surface area contributed by atoms with Crippen LogP contribution in [0, 0.1) is 0 Å². The van der Waals surface area contributed by atoms with Gasteiger partial charge in [0.15, 0.2) is 0 Å². The van der Waals surface area contributed by atoms with Crippen LogP contribution in [0.1, 0.15) is 5.56 Å². The molecule has 0 saturated carbocycles. The van der Waals surface area contributed by atoms with Gasteiger partial charge < -0.3 is 15.2 Å². The molecule has 1 saturated heterocycles. The van der Waals surface area contributed by atoms with Gasteiger partial charge in [0.05, 0.1) is 7.11 Å². The Morgan fingerprint density at radius 2 is 2.13 bits per heavy atom. The Kier molecular flexibility index (Phi) is 5.20. The molecule has 2 atom stereocenters. The van der Waals surface area contributed by atoms with Crippen molar-refractivity contribution in [2.24, 2.45) is 5.73 Å². The van der Waals surface area contributed by atoms with E-state index in [1.54, 1.807) is 30.2 Å². The van der Waals surface area contributed by atoms with Crippen LogP contribution in [-0.4, -0.2) is 45.5 Å². The molecule has 160 valence electrons. The second-order valence-electron chi connectivity index (χ2n) is 7.38. The van der Waals surface area contributed by atoms with E-state index in [0.29, 0.717) is 18.0 Å². The highest BCUT2D eigenvalue weighted by molar-refractivity contribution is 8.00. The second kappa shape index (κ2) is 8.03. The predicted molar refractivity (Wildman–Crippen MR) is 116 cm³/mol. The molecule has 10 heteroatoms. The van der Waals surface area contributed by atoms with Crippen molar-refractivity contribution in [3.05, 3.63) is 65.2 Å². The molecule has 2 aliphatic heterocycles. The zero-order valence-corrected chi connectivity index (χ0v) is 18.4. The molecule has 1 aromatic carbocycles. The summed E-state index contributed by atoms with van der Waals surface area (Å²) >= 11 is 3.22. The van der Waals surface area contributed by atoms with E-state index >= 15 is 0 Å². The first-order valence-corrected chi connectivity index (χ1v) is 11.6. The van der Waals surface area contributed by atoms with E-state index in [9.17, 15) is 9.59 Å². The largest absolute Gasteiger partial charge is 0.497 e. The van der Waals surface area contributed by atoms with E-state index in [0.717, 1.165) is 21.7 Å². The number of methoxy groups -OCH3 is 1. The number of nitrogens with two attached hydrogens (primary N) is 1. The topological polar surface area (TPSA) is 90.1 Å². The van der Waals surface area contributed by atoms with Crippen molar-refractivity contribution in [1.82, 2.24) is 9.30 Å². The number of amides is 1. The lowest BCUT2D eigenvalue weighted by molar-refractivity contribution is -0.687. The molecule has 2 aromatic heterocycles. The van der Waals surface area contributed by atoms with Crippen LogP contribution in [0.25, 0.3) is 4.83 Å². The number of rotatable bonds is 6. The number of thioether (sulfide) groups is 1. The Morgan fingerprint density at radius 1 is 1.32 bits per heavy atom. The highest BCUT2D eigenvalue weighted by Gasteiger charge is 2.52. The molecule has 5 rings (SSSR count). The second-order valence-corrected chi connectivity index (χ2v) is 9.41. The lowest BCUT2D eigenvalue weighted by Crippen LogP contribution is -2.68. The van der Waals surface area contributed by atoms with Gasteiger partial charge >= 0.3 is 5.97 Å². The molecule has 31 heavy (non-hydrogen) atoms. The maximum atomic E-state index is 13.1. The summed E-state index contributed by atoms with van der Waals surface area (Å²) in [6.07, 6.45) is 5.98. The van der Waals surface area contributed by atoms with Crippen LogP contribution >= 0.6 is 23.1 Å². The van der Waals surface area contributed by atoms with Gasteiger partial charge in [-0.05, 0) is 17.7 Å². The molecule has 0 spiro atoms. The highest BCUT2D eigenvalue weighted by Crippen LogP contribution is 2.40. The number of hydrogen-bond donors (Lipinski definition) is 1. The molecule has 0 radical (unpaired) electrons. The lowest BCUT2D eigenvalue weighted by atomic mass is 10.0. The van der Waals surface area contributed by atoms with Crippen molar-refractivity contribution in [2.75, 3.05) is 12.9 Å². The van der Waals surface area contributed by atoms with Gasteiger partial charge in [-0.1, -0.05) is 23.5 Å². The maximum absolute atomic E-state index is 13.1. The summed E-state index contributed by atoms with van der Waals surface area (Å²) < 4.78 is 14.8. The van der Waals surface area contributed by atoms with Crippen LogP contribution in [0.15, 0.2) is 59.6 Å². The minimum Gasteiger partial charge on any atom is -0.497 e. The minimum absolute atomic E-state index is 0.112. The van der Waals surface area contributed by atoms with Gasteiger partial charge in [0, 0.05) is 16.7 Å². The average Bonchev–Trinajstić information content (AvgIpc) is 3.38. The van der Waals surface area contributed by atoms with Crippen LogP contribution in [0.3, 0.4) is 0 Å². The molecule has 3 aromatic rings. The Balaban J connectivity index is 1.40. The standard InChI is InChI=1S/C21H21N4O4S2/c1-28-15-4-2-13(3-5-15)10-29-21(27)18-14(11-31-20-17(22)19(26)25(18)20)8-23-9-16-24(12-23)6-7-30-16/h2-7,9,12,17,20H,8,10-11,22H2,1H3/q+1/t17-,20-/m1/s1. The van der Waals surface area contributed by atoms with E-state index in [2.05, 4.69) is 0 Å². The van der Waals surface area contributed by atoms with Crippen molar-refractivity contribution >= 4 is 39.8 Å². The van der Waals surface area contributed by atoms with Crippen LogP contribution in [0.2, 0.25) is 0 Å². The highest BCUT2D eigenvalue weighted by atomic mass is 32.2. The molecular weight excluding hydrogens is 436 g/mol. The van der Waals surface area contributed by atoms with E-state index in [4.69, 9.17) is 15.2 Å². The monoisotopic (exact) mass is 457 g/mol. The number of nitrogens with zero attached hydrogens (tertiary/aromatic N) is 3. The fraction of sp³-hybridized carbons (Fsp3) is 0.286. The Hall–Kier alpha value is -2.82. The number of thiazole rings is 1. The van der Waals surface area contributed by atoms with Crippen molar-refractivity contribution in [1.29, 1.82) is 0 Å². The molecule has 1 fully saturated rings. The Bertz CT molecular complexity index is 1160. The Morgan fingerprint density at radius 3 is 2.87 bits per heavy atom. The third-order valence-corrected chi connectivity index (χ3v) is 7.57. The predicted octanol–water partition coefficient (Wildman–Crippen LogP) is 1.54. The van der Waals surface area contributed by atoms with Crippen LogP contribution in [0.4, 0.5) is 0 Å².